The normalized spacial score (nSPS) is 12.1. The maximum absolute atomic E-state index is 6.14. The predicted octanol–water partition coefficient (Wildman–Crippen LogP) is 3.72. The highest BCUT2D eigenvalue weighted by Crippen LogP contribution is 2.25. The summed E-state index contributed by atoms with van der Waals surface area (Å²) in [5, 5.41) is 3.19. The highest BCUT2D eigenvalue weighted by molar-refractivity contribution is 5.29. The van der Waals surface area contributed by atoms with Crippen molar-refractivity contribution >= 4 is 0 Å². The molecule has 0 bridgehead atoms. The lowest BCUT2D eigenvalue weighted by Crippen LogP contribution is -2.16. The summed E-state index contributed by atoms with van der Waals surface area (Å²) in [7, 11) is 1.97. The highest BCUT2D eigenvalue weighted by atomic mass is 16.5. The molecule has 0 heterocycles. The first-order valence-electron chi connectivity index (χ1n) is 6.72. The number of hydrogen-bond acceptors (Lipinski definition) is 2. The third kappa shape index (κ3) is 4.11. The summed E-state index contributed by atoms with van der Waals surface area (Å²) in [6.45, 7) is 3.02. The van der Waals surface area contributed by atoms with Crippen LogP contribution in [0.5, 0.6) is 5.75 Å². The standard InChI is InChI=1S/C17H21NO/c1-14-7-6-10-16(13-14)19-17(11-12-18-2)15-8-4-3-5-9-15/h3-10,13,17-18H,11-12H2,1-2H3/t17-/m0/s1. The summed E-state index contributed by atoms with van der Waals surface area (Å²) in [5.41, 5.74) is 2.44. The van der Waals surface area contributed by atoms with Crippen LogP contribution in [0.2, 0.25) is 0 Å². The van der Waals surface area contributed by atoms with Crippen molar-refractivity contribution in [1.82, 2.24) is 5.32 Å². The summed E-state index contributed by atoms with van der Waals surface area (Å²) >= 11 is 0. The van der Waals surface area contributed by atoms with E-state index >= 15 is 0 Å². The van der Waals surface area contributed by atoms with Crippen LogP contribution in [0.25, 0.3) is 0 Å². The summed E-state index contributed by atoms with van der Waals surface area (Å²) < 4.78 is 6.14. The van der Waals surface area contributed by atoms with Gasteiger partial charge in [0.15, 0.2) is 0 Å². The SMILES string of the molecule is CNCC[C@H](Oc1cccc(C)c1)c1ccccc1. The van der Waals surface area contributed by atoms with Gasteiger partial charge in [0.2, 0.25) is 0 Å². The van der Waals surface area contributed by atoms with E-state index in [4.69, 9.17) is 4.74 Å². The molecule has 2 rings (SSSR count). The first-order chi connectivity index (χ1) is 9.29. The maximum atomic E-state index is 6.14. The van der Waals surface area contributed by atoms with Gasteiger partial charge in [0, 0.05) is 6.42 Å². The Morgan fingerprint density at radius 2 is 1.84 bits per heavy atom. The molecule has 1 N–H and O–H groups in total. The van der Waals surface area contributed by atoms with Gasteiger partial charge < -0.3 is 10.1 Å². The highest BCUT2D eigenvalue weighted by Gasteiger charge is 2.12. The Morgan fingerprint density at radius 3 is 2.53 bits per heavy atom. The molecule has 0 amide bonds. The molecule has 100 valence electrons. The Bertz CT molecular complexity index is 496. The molecule has 0 aliphatic carbocycles. The van der Waals surface area contributed by atoms with Crippen LogP contribution < -0.4 is 10.1 Å². The van der Waals surface area contributed by atoms with Crippen molar-refractivity contribution in [1.29, 1.82) is 0 Å². The predicted molar refractivity (Wildman–Crippen MR) is 79.5 cm³/mol. The largest absolute Gasteiger partial charge is 0.486 e. The molecule has 0 fully saturated rings. The van der Waals surface area contributed by atoms with E-state index in [0.29, 0.717) is 0 Å². The van der Waals surface area contributed by atoms with Crippen molar-refractivity contribution in [3.05, 3.63) is 65.7 Å². The van der Waals surface area contributed by atoms with Crippen LogP contribution in [0.15, 0.2) is 54.6 Å². The monoisotopic (exact) mass is 255 g/mol. The van der Waals surface area contributed by atoms with Crippen molar-refractivity contribution in [3.8, 4) is 5.75 Å². The molecule has 19 heavy (non-hydrogen) atoms. The van der Waals surface area contributed by atoms with Gasteiger partial charge in [-0.1, -0.05) is 42.5 Å². The third-order valence-electron chi connectivity index (χ3n) is 3.10. The summed E-state index contributed by atoms with van der Waals surface area (Å²) in [6.07, 6.45) is 1.05. The first-order valence-corrected chi connectivity index (χ1v) is 6.72. The van der Waals surface area contributed by atoms with Gasteiger partial charge in [-0.3, -0.25) is 0 Å². The van der Waals surface area contributed by atoms with Crippen LogP contribution in [0.3, 0.4) is 0 Å². The van der Waals surface area contributed by atoms with E-state index in [1.54, 1.807) is 0 Å². The minimum absolute atomic E-state index is 0.0930. The van der Waals surface area contributed by atoms with Crippen LogP contribution in [0.4, 0.5) is 0 Å². The fraction of sp³-hybridized carbons (Fsp3) is 0.294. The van der Waals surface area contributed by atoms with Crippen LogP contribution in [-0.2, 0) is 0 Å². The van der Waals surface area contributed by atoms with Gasteiger partial charge in [-0.15, -0.1) is 0 Å². The van der Waals surface area contributed by atoms with E-state index in [1.165, 1.54) is 11.1 Å². The van der Waals surface area contributed by atoms with E-state index in [-0.39, 0.29) is 6.10 Å². The second kappa shape index (κ2) is 6.95. The molecule has 2 aromatic carbocycles. The minimum Gasteiger partial charge on any atom is -0.486 e. The van der Waals surface area contributed by atoms with Gasteiger partial charge in [0.1, 0.15) is 11.9 Å². The Labute approximate surface area is 115 Å². The lowest BCUT2D eigenvalue weighted by atomic mass is 10.1. The number of rotatable bonds is 6. The van der Waals surface area contributed by atoms with E-state index in [2.05, 4.69) is 48.6 Å². The number of benzene rings is 2. The lowest BCUT2D eigenvalue weighted by Gasteiger charge is -2.20. The van der Waals surface area contributed by atoms with Crippen LogP contribution >= 0.6 is 0 Å². The van der Waals surface area contributed by atoms with E-state index in [0.717, 1.165) is 18.7 Å². The smallest absolute Gasteiger partial charge is 0.125 e. The fourth-order valence-corrected chi connectivity index (χ4v) is 2.09. The molecule has 0 aliphatic heterocycles. The van der Waals surface area contributed by atoms with Gasteiger partial charge in [0.25, 0.3) is 0 Å². The molecule has 0 aliphatic rings. The quantitative estimate of drug-likeness (QED) is 0.849. The molecule has 2 aromatic rings. The molecule has 2 nitrogen and oxygen atoms in total. The molecule has 1 atom stereocenters. The zero-order chi connectivity index (χ0) is 13.5. The molecule has 0 spiro atoms. The van der Waals surface area contributed by atoms with Crippen LogP contribution in [0.1, 0.15) is 23.7 Å². The maximum Gasteiger partial charge on any atom is 0.125 e. The molecular weight excluding hydrogens is 234 g/mol. The third-order valence-corrected chi connectivity index (χ3v) is 3.10. The molecule has 0 unspecified atom stereocenters. The van der Waals surface area contributed by atoms with E-state index in [9.17, 15) is 0 Å². The van der Waals surface area contributed by atoms with E-state index < -0.39 is 0 Å². The summed E-state index contributed by atoms with van der Waals surface area (Å²) in [6, 6.07) is 18.6. The van der Waals surface area contributed by atoms with Gasteiger partial charge in [-0.05, 0) is 43.8 Å². The number of nitrogens with one attached hydrogen (secondary N) is 1. The molecular formula is C17H21NO. The average molecular weight is 255 g/mol. The molecule has 0 saturated carbocycles. The van der Waals surface area contributed by atoms with Crippen molar-refractivity contribution in [2.75, 3.05) is 13.6 Å². The fourth-order valence-electron chi connectivity index (χ4n) is 2.09. The van der Waals surface area contributed by atoms with Crippen molar-refractivity contribution in [3.63, 3.8) is 0 Å². The molecule has 0 saturated heterocycles. The number of aryl methyl sites for hydroxylation is 1. The zero-order valence-electron chi connectivity index (χ0n) is 11.6. The zero-order valence-corrected chi connectivity index (χ0v) is 11.6. The molecule has 0 radical (unpaired) electrons. The van der Waals surface area contributed by atoms with Gasteiger partial charge >= 0.3 is 0 Å². The van der Waals surface area contributed by atoms with Crippen molar-refractivity contribution in [2.24, 2.45) is 0 Å². The Balaban J connectivity index is 2.14. The molecule has 2 heteroatoms. The van der Waals surface area contributed by atoms with Crippen molar-refractivity contribution < 1.29 is 4.74 Å². The van der Waals surface area contributed by atoms with Gasteiger partial charge in [-0.25, -0.2) is 0 Å². The Morgan fingerprint density at radius 1 is 1.05 bits per heavy atom. The second-order valence-corrected chi connectivity index (χ2v) is 4.73. The average Bonchev–Trinajstić information content (AvgIpc) is 2.44. The Kier molecular flexibility index (Phi) is 4.99. The topological polar surface area (TPSA) is 21.3 Å². The second-order valence-electron chi connectivity index (χ2n) is 4.73. The summed E-state index contributed by atoms with van der Waals surface area (Å²) in [4.78, 5) is 0. The minimum atomic E-state index is 0.0930. The molecule has 0 aromatic heterocycles. The van der Waals surface area contributed by atoms with E-state index in [1.807, 2.05) is 25.2 Å². The first kappa shape index (κ1) is 13.6. The summed E-state index contributed by atoms with van der Waals surface area (Å²) in [5.74, 6) is 0.935. The van der Waals surface area contributed by atoms with Crippen LogP contribution in [0, 0.1) is 6.92 Å². The lowest BCUT2D eigenvalue weighted by molar-refractivity contribution is 0.195. The number of hydrogen-bond donors (Lipinski definition) is 1. The van der Waals surface area contributed by atoms with Gasteiger partial charge in [0.05, 0.1) is 0 Å². The van der Waals surface area contributed by atoms with Gasteiger partial charge in [-0.2, -0.15) is 0 Å². The van der Waals surface area contributed by atoms with Crippen LogP contribution in [-0.4, -0.2) is 13.6 Å². The Hall–Kier alpha value is -1.80. The number of ether oxygens (including phenoxy) is 1. The van der Waals surface area contributed by atoms with Crippen molar-refractivity contribution in [2.45, 2.75) is 19.4 Å².